The van der Waals surface area contributed by atoms with E-state index in [1.807, 2.05) is 23.1 Å². The second kappa shape index (κ2) is 11.2. The highest BCUT2D eigenvalue weighted by atomic mass is 19.4. The van der Waals surface area contributed by atoms with Crippen molar-refractivity contribution in [1.29, 1.82) is 0 Å². The van der Waals surface area contributed by atoms with Crippen LogP contribution >= 0.6 is 0 Å². The predicted molar refractivity (Wildman–Crippen MR) is 134 cm³/mol. The molecule has 3 aromatic rings. The smallest absolute Gasteiger partial charge is 0.430 e. The minimum Gasteiger partial charge on any atom is -0.480 e. The molecule has 1 saturated heterocycles. The van der Waals surface area contributed by atoms with Crippen LogP contribution in [-0.4, -0.2) is 69.0 Å². The first kappa shape index (κ1) is 29.5. The van der Waals surface area contributed by atoms with Crippen molar-refractivity contribution in [2.24, 2.45) is 0 Å². The number of aryl methyl sites for hydroxylation is 1. The van der Waals surface area contributed by atoms with E-state index in [1.54, 1.807) is 31.5 Å². The Morgan fingerprint density at radius 2 is 1.52 bits per heavy atom. The molecule has 2 aromatic carbocycles. The molecule has 1 atom stereocenters. The maximum absolute atomic E-state index is 13.2. The monoisotopic (exact) mass is 567 g/mol. The van der Waals surface area contributed by atoms with Crippen LogP contribution in [0.1, 0.15) is 22.3 Å². The van der Waals surface area contributed by atoms with Crippen LogP contribution in [0, 0.1) is 6.92 Å². The van der Waals surface area contributed by atoms with Gasteiger partial charge >= 0.3 is 18.3 Å². The van der Waals surface area contributed by atoms with Gasteiger partial charge < -0.3 is 10.2 Å². The van der Waals surface area contributed by atoms with Gasteiger partial charge in [0.2, 0.25) is 0 Å². The van der Waals surface area contributed by atoms with Gasteiger partial charge in [-0.1, -0.05) is 42.5 Å². The van der Waals surface area contributed by atoms with Gasteiger partial charge in [0.05, 0.1) is 0 Å². The molecule has 40 heavy (non-hydrogen) atoms. The molecule has 0 spiro atoms. The highest BCUT2D eigenvalue weighted by Gasteiger charge is 2.71. The van der Waals surface area contributed by atoms with E-state index in [1.165, 1.54) is 0 Å². The summed E-state index contributed by atoms with van der Waals surface area (Å²) >= 11 is 0. The van der Waals surface area contributed by atoms with Crippen molar-refractivity contribution in [2.45, 2.75) is 44.0 Å². The average Bonchev–Trinajstić information content (AvgIpc) is 2.88. The molecule has 0 aliphatic carbocycles. The molecule has 1 aliphatic rings. The molecule has 6 nitrogen and oxygen atoms in total. The Bertz CT molecular complexity index is 1320. The molecular formula is C28H27F6N3O3. The number of carboxylic acid groups (broad SMARTS) is 1. The van der Waals surface area contributed by atoms with E-state index in [0.29, 0.717) is 61.5 Å². The van der Waals surface area contributed by atoms with Gasteiger partial charge in [0, 0.05) is 50.7 Å². The van der Waals surface area contributed by atoms with Crippen LogP contribution in [0.4, 0.5) is 26.3 Å². The normalized spacial score (nSPS) is 17.6. The molecule has 12 heteroatoms. The van der Waals surface area contributed by atoms with Crippen LogP contribution in [0.5, 0.6) is 0 Å². The first-order valence-corrected chi connectivity index (χ1v) is 12.3. The van der Waals surface area contributed by atoms with Crippen LogP contribution in [-0.2, 0) is 23.5 Å². The number of piperazine rings is 1. The summed E-state index contributed by atoms with van der Waals surface area (Å²) in [6.07, 6.45) is -8.54. The van der Waals surface area contributed by atoms with Gasteiger partial charge in [-0.3, -0.25) is 19.6 Å². The van der Waals surface area contributed by atoms with Crippen molar-refractivity contribution < 1.29 is 41.4 Å². The molecule has 2 N–H and O–H groups in total. The summed E-state index contributed by atoms with van der Waals surface area (Å²) in [5.74, 6) is -0.939. The summed E-state index contributed by atoms with van der Waals surface area (Å²) in [6.45, 7) is 4.23. The fraction of sp³-hybridized carbons (Fsp3) is 0.357. The lowest BCUT2D eigenvalue weighted by molar-refractivity contribution is -0.376. The zero-order chi connectivity index (χ0) is 29.3. The van der Waals surface area contributed by atoms with Gasteiger partial charge in [0.1, 0.15) is 6.04 Å². The number of aliphatic hydroxyl groups is 1. The third-order valence-electron chi connectivity index (χ3n) is 7.13. The summed E-state index contributed by atoms with van der Waals surface area (Å²) in [4.78, 5) is 20.0. The molecule has 1 aliphatic heterocycles. The van der Waals surface area contributed by atoms with E-state index in [4.69, 9.17) is 0 Å². The average molecular weight is 568 g/mol. The lowest BCUT2D eigenvalue weighted by Crippen LogP contribution is -2.55. The molecule has 4 rings (SSSR count). The van der Waals surface area contributed by atoms with Crippen molar-refractivity contribution >= 4 is 5.97 Å². The number of aromatic nitrogens is 1. The molecule has 1 unspecified atom stereocenters. The van der Waals surface area contributed by atoms with Gasteiger partial charge in [-0.25, -0.2) is 0 Å². The molecule has 2 heterocycles. The van der Waals surface area contributed by atoms with Crippen molar-refractivity contribution in [3.8, 4) is 11.1 Å². The SMILES string of the molecule is Cc1cc(CN2CCN(Cc3ccncc3)CC2C(=O)O)ccc1-c1ccc(C(O)(C(F)(F)F)C(F)(F)F)cc1. The lowest BCUT2D eigenvalue weighted by atomic mass is 9.90. The number of hydrogen-bond donors (Lipinski definition) is 2. The topological polar surface area (TPSA) is 76.9 Å². The number of carbonyl (C=O) groups is 1. The fourth-order valence-electron chi connectivity index (χ4n) is 4.95. The lowest BCUT2D eigenvalue weighted by Gasteiger charge is -2.39. The van der Waals surface area contributed by atoms with Gasteiger partial charge in [-0.05, 0) is 46.9 Å². The standard InChI is InChI=1S/C28H27F6N3O3/c1-18-14-20(16-37-13-12-36(17-24(37)25(38)39)15-19-8-10-35-11-9-19)2-7-23(18)21-3-5-22(6-4-21)26(40,27(29,30)31)28(32,33)34/h2-11,14,24,40H,12-13,15-17H2,1H3,(H,38,39). The number of nitrogens with zero attached hydrogens (tertiary/aromatic N) is 3. The van der Waals surface area contributed by atoms with Crippen LogP contribution in [0.25, 0.3) is 11.1 Å². The summed E-state index contributed by atoms with van der Waals surface area (Å²) in [5, 5.41) is 19.5. The molecular weight excluding hydrogens is 540 g/mol. The largest absolute Gasteiger partial charge is 0.480 e. The van der Waals surface area contributed by atoms with Crippen molar-refractivity contribution in [3.63, 3.8) is 0 Å². The zero-order valence-corrected chi connectivity index (χ0v) is 21.4. The molecule has 1 aromatic heterocycles. The van der Waals surface area contributed by atoms with Gasteiger partial charge in [0.15, 0.2) is 0 Å². The number of rotatable bonds is 7. The number of aliphatic carboxylic acids is 1. The molecule has 214 valence electrons. The first-order valence-electron chi connectivity index (χ1n) is 12.3. The van der Waals surface area contributed by atoms with Crippen molar-refractivity contribution in [3.05, 3.63) is 89.2 Å². The van der Waals surface area contributed by atoms with E-state index in [-0.39, 0.29) is 0 Å². The summed E-state index contributed by atoms with van der Waals surface area (Å²) in [7, 11) is 0. The van der Waals surface area contributed by atoms with E-state index in [0.717, 1.165) is 23.3 Å². The predicted octanol–water partition coefficient (Wildman–Crippen LogP) is 5.14. The van der Waals surface area contributed by atoms with E-state index >= 15 is 0 Å². The number of hydrogen-bond acceptors (Lipinski definition) is 5. The van der Waals surface area contributed by atoms with E-state index < -0.39 is 35.5 Å². The Morgan fingerprint density at radius 1 is 0.900 bits per heavy atom. The number of benzene rings is 2. The Morgan fingerprint density at radius 3 is 2.08 bits per heavy atom. The number of carboxylic acids is 1. The second-order valence-corrected chi connectivity index (χ2v) is 9.85. The number of pyridine rings is 1. The third-order valence-corrected chi connectivity index (χ3v) is 7.13. The summed E-state index contributed by atoms with van der Waals surface area (Å²) < 4.78 is 79.2. The van der Waals surface area contributed by atoms with Crippen molar-refractivity contribution in [1.82, 2.24) is 14.8 Å². The Labute approximate surface area is 226 Å². The van der Waals surface area contributed by atoms with Crippen LogP contribution < -0.4 is 0 Å². The maximum Gasteiger partial charge on any atom is 0.430 e. The minimum atomic E-state index is -5.96. The molecule has 0 amide bonds. The second-order valence-electron chi connectivity index (χ2n) is 9.85. The number of alkyl halides is 6. The van der Waals surface area contributed by atoms with Gasteiger partial charge in [-0.2, -0.15) is 26.3 Å². The Balaban J connectivity index is 1.49. The molecule has 0 bridgehead atoms. The highest BCUT2D eigenvalue weighted by molar-refractivity contribution is 5.74. The highest BCUT2D eigenvalue weighted by Crippen LogP contribution is 2.50. The van der Waals surface area contributed by atoms with Crippen LogP contribution in [0.15, 0.2) is 67.0 Å². The molecule has 0 radical (unpaired) electrons. The van der Waals surface area contributed by atoms with Crippen LogP contribution in [0.3, 0.4) is 0 Å². The quantitative estimate of drug-likeness (QED) is 0.385. The first-order chi connectivity index (χ1) is 18.7. The minimum absolute atomic E-state index is 0.337. The van der Waals surface area contributed by atoms with Crippen LogP contribution in [0.2, 0.25) is 0 Å². The van der Waals surface area contributed by atoms with E-state index in [9.17, 15) is 41.4 Å². The van der Waals surface area contributed by atoms with Gasteiger partial charge in [0.25, 0.3) is 5.60 Å². The Kier molecular flexibility index (Phi) is 8.25. The zero-order valence-electron chi connectivity index (χ0n) is 21.4. The fourth-order valence-corrected chi connectivity index (χ4v) is 4.95. The maximum atomic E-state index is 13.2. The Hall–Kier alpha value is -3.48. The number of halogens is 6. The van der Waals surface area contributed by atoms with Gasteiger partial charge in [-0.15, -0.1) is 0 Å². The van der Waals surface area contributed by atoms with Crippen molar-refractivity contribution in [2.75, 3.05) is 19.6 Å². The summed E-state index contributed by atoms with van der Waals surface area (Å²) in [6, 6.07) is 11.7. The molecule has 0 saturated carbocycles. The third kappa shape index (κ3) is 5.98. The van der Waals surface area contributed by atoms with E-state index in [2.05, 4.69) is 9.88 Å². The summed E-state index contributed by atoms with van der Waals surface area (Å²) in [5.41, 5.74) is -2.81. The molecule has 1 fully saturated rings.